The van der Waals surface area contributed by atoms with Crippen molar-refractivity contribution in [2.45, 2.75) is 63.7 Å². The van der Waals surface area contributed by atoms with Crippen LogP contribution in [-0.2, 0) is 78.3 Å². The molecule has 0 radical (unpaired) electrons. The number of fused-ring (bicyclic) bond motifs is 4. The largest absolute Gasteiger partial charge is 0.447 e. The van der Waals surface area contributed by atoms with Crippen molar-refractivity contribution in [1.82, 2.24) is 49.0 Å². The summed E-state index contributed by atoms with van der Waals surface area (Å²) < 4.78 is 42.8. The van der Waals surface area contributed by atoms with Gasteiger partial charge in [0.1, 0.15) is 48.1 Å². The number of benzene rings is 4. The number of anilines is 2. The van der Waals surface area contributed by atoms with Gasteiger partial charge in [0.2, 0.25) is 11.8 Å². The molecule has 0 saturated carbocycles. The van der Waals surface area contributed by atoms with E-state index in [1.54, 1.807) is 92.6 Å². The van der Waals surface area contributed by atoms with E-state index in [2.05, 4.69) is 45.4 Å². The van der Waals surface area contributed by atoms with E-state index in [-0.39, 0.29) is 116 Å². The molecular formula is C59H63Cl2F2N12O6PdS2-. The summed E-state index contributed by atoms with van der Waals surface area (Å²) in [7, 11) is 3.32. The number of aromatic nitrogens is 7. The van der Waals surface area contributed by atoms with Gasteiger partial charge in [-0.2, -0.15) is 27.0 Å². The zero-order valence-electron chi connectivity index (χ0n) is 46.0. The van der Waals surface area contributed by atoms with Gasteiger partial charge in [0.25, 0.3) is 0 Å². The van der Waals surface area contributed by atoms with Gasteiger partial charge in [-0.05, 0) is 59.0 Å². The topological polar surface area (TPSA) is 203 Å². The quantitative estimate of drug-likeness (QED) is 0.0543. The van der Waals surface area contributed by atoms with Crippen LogP contribution in [0.3, 0.4) is 0 Å². The maximum atomic E-state index is 13.8. The van der Waals surface area contributed by atoms with Gasteiger partial charge in [0.15, 0.2) is 0 Å². The number of hydrogen-bond donors (Lipinski definition) is 3. The Morgan fingerprint density at radius 1 is 0.655 bits per heavy atom. The van der Waals surface area contributed by atoms with E-state index in [0.29, 0.717) is 41.4 Å². The average Bonchev–Trinajstić information content (AvgIpc) is 4.21. The van der Waals surface area contributed by atoms with Crippen molar-refractivity contribution in [3.8, 4) is 0 Å². The van der Waals surface area contributed by atoms with Gasteiger partial charge in [0.05, 0.1) is 45.7 Å². The molecular weight excluding hydrogens is 1250 g/mol. The molecule has 0 unspecified atom stereocenters. The molecule has 0 aliphatic carbocycles. The number of carbonyl (C=O) groups is 4. The molecule has 9 aromatic rings. The Morgan fingerprint density at radius 2 is 1.14 bits per heavy atom. The first-order chi connectivity index (χ1) is 38.8. The normalized spacial score (nSPS) is 12.1. The number of pyridine rings is 2. The molecule has 1 aliphatic heterocycles. The summed E-state index contributed by atoms with van der Waals surface area (Å²) in [6.07, 6.45) is 12.1. The number of rotatable bonds is 18. The third-order valence-corrected chi connectivity index (χ3v) is 14.6. The second-order valence-corrected chi connectivity index (χ2v) is 19.7. The molecule has 84 heavy (non-hydrogen) atoms. The van der Waals surface area contributed by atoms with Crippen LogP contribution in [0.2, 0.25) is 10.0 Å². The monoisotopic (exact) mass is 1310 g/mol. The van der Waals surface area contributed by atoms with Crippen molar-refractivity contribution in [3.05, 3.63) is 198 Å². The predicted octanol–water partition coefficient (Wildman–Crippen LogP) is 10.6. The minimum absolute atomic E-state index is 0. The van der Waals surface area contributed by atoms with E-state index >= 15 is 0 Å². The summed E-state index contributed by atoms with van der Waals surface area (Å²) in [5.41, 5.74) is 2.97. The number of ether oxygens (including phenoxy) is 2. The molecule has 1 aliphatic rings. The Kier molecular flexibility index (Phi) is 25.9. The van der Waals surface area contributed by atoms with Crippen molar-refractivity contribution >= 4 is 113 Å². The Morgan fingerprint density at radius 3 is 1.67 bits per heavy atom. The van der Waals surface area contributed by atoms with E-state index in [1.807, 2.05) is 59.1 Å². The first-order valence-corrected chi connectivity index (χ1v) is 26.5. The van der Waals surface area contributed by atoms with Gasteiger partial charge in [-0.3, -0.25) is 25.2 Å². The van der Waals surface area contributed by atoms with Crippen LogP contribution in [0.4, 0.5) is 30.0 Å². The van der Waals surface area contributed by atoms with Crippen molar-refractivity contribution in [1.29, 1.82) is 0 Å². The molecule has 3 N–H and O–H groups in total. The minimum Gasteiger partial charge on any atom is -0.447 e. The molecule has 0 bridgehead atoms. The standard InChI is InChI=1S/C29H30ClFN6O3.C29H26ClFN6O3.CH3.Pd.2H2S/c2*1-36(27(38)10-9-19-7-4-8-24(31)28(19)30)22(14-26-34-17-23-16-32-11-12-37(23)26)18-40-29(39)35-25-13-20-5-2-3-6-21(20)15-33-25;;;;/h2-8,13,15,17,22,32H,9-12,14,16,18H2,1H3,(H,33,35,39);2-8,11-13,15-17,22H,9-10,14,18H2,1H3,(H,33,35,39);1H3;;2*1H2/q;;-1;;;/t2*22-;;;;/m00..../s1. The van der Waals surface area contributed by atoms with Crippen LogP contribution in [0.5, 0.6) is 0 Å². The summed E-state index contributed by atoms with van der Waals surface area (Å²) >= 11 is 12.1. The number of halogens is 4. The number of imidazole rings is 2. The van der Waals surface area contributed by atoms with Gasteiger partial charge in [-0.25, -0.2) is 38.3 Å². The molecule has 25 heteroatoms. The SMILES string of the molecule is CN(C(=O)CCc1cccc(F)c1Cl)[C@H](COC(=O)Nc1cc2ccccc2cn1)Cc1ncc2cnccn12.CN(C(=O)CCc1cccc(F)c1Cl)[C@H](COC(=O)Nc1cc2ccccc2cn1)Cc1ncc2n1CCNC2.S.S.[CH3-].[Pd]. The minimum atomic E-state index is -0.697. The molecule has 4 amide bonds. The fourth-order valence-electron chi connectivity index (χ4n) is 9.19. The maximum Gasteiger partial charge on any atom is 0.412 e. The number of aryl methyl sites for hydroxylation is 2. The van der Waals surface area contributed by atoms with Crippen LogP contribution in [0.15, 0.2) is 140 Å². The second-order valence-electron chi connectivity index (χ2n) is 19.0. The summed E-state index contributed by atoms with van der Waals surface area (Å²) in [6.45, 7) is 2.16. The number of amides is 4. The summed E-state index contributed by atoms with van der Waals surface area (Å²) in [5, 5.41) is 12.4. The third-order valence-electron chi connectivity index (χ3n) is 13.8. The second kappa shape index (κ2) is 32.2. The van der Waals surface area contributed by atoms with Crippen molar-refractivity contribution in [3.63, 3.8) is 0 Å². The Balaban J connectivity index is 0.000000293. The number of carbonyl (C=O) groups excluding carboxylic acids is 4. The van der Waals surface area contributed by atoms with Gasteiger partial charge in [0, 0.05) is 122 Å². The molecule has 18 nitrogen and oxygen atoms in total. The fraction of sp³-hybridized carbons (Fsp3) is 0.254. The Labute approximate surface area is 522 Å². The predicted molar refractivity (Wildman–Crippen MR) is 328 cm³/mol. The molecule has 2 atom stereocenters. The van der Waals surface area contributed by atoms with Gasteiger partial charge in [-0.1, -0.05) is 96.0 Å². The molecule has 0 spiro atoms. The zero-order valence-corrected chi connectivity index (χ0v) is 51.1. The smallest absolute Gasteiger partial charge is 0.412 e. The molecule has 446 valence electrons. The molecule has 0 saturated heterocycles. The number of likely N-dealkylation sites (N-methyl/N-ethyl adjacent to an activating group) is 2. The Bertz CT molecular complexity index is 3700. The van der Waals surface area contributed by atoms with Crippen LogP contribution >= 0.6 is 50.2 Å². The first kappa shape index (κ1) is 67.6. The van der Waals surface area contributed by atoms with Crippen LogP contribution < -0.4 is 16.0 Å². The molecule has 6 heterocycles. The zero-order chi connectivity index (χ0) is 56.1. The summed E-state index contributed by atoms with van der Waals surface area (Å²) in [4.78, 5) is 76.6. The van der Waals surface area contributed by atoms with Gasteiger partial charge < -0.3 is 41.0 Å². The van der Waals surface area contributed by atoms with E-state index in [1.165, 1.54) is 17.0 Å². The summed E-state index contributed by atoms with van der Waals surface area (Å²) in [5.74, 6) is 0.765. The van der Waals surface area contributed by atoms with Gasteiger partial charge >= 0.3 is 12.2 Å². The number of hydrogen-bond acceptors (Lipinski definition) is 12. The van der Waals surface area contributed by atoms with Crippen molar-refractivity contribution in [2.75, 3.05) is 44.5 Å². The fourth-order valence-corrected chi connectivity index (χ4v) is 9.63. The van der Waals surface area contributed by atoms with E-state index in [0.717, 1.165) is 58.2 Å². The van der Waals surface area contributed by atoms with Crippen LogP contribution in [0.1, 0.15) is 41.3 Å². The maximum absolute atomic E-state index is 13.8. The van der Waals surface area contributed by atoms with Crippen LogP contribution in [0, 0.1) is 19.1 Å². The average molecular weight is 1320 g/mol. The molecule has 5 aromatic heterocycles. The Hall–Kier alpha value is -7.23. The van der Waals surface area contributed by atoms with Crippen molar-refractivity contribution < 1.29 is 57.9 Å². The number of nitrogens with one attached hydrogen (secondary N) is 3. The van der Waals surface area contributed by atoms with Crippen LogP contribution in [0.25, 0.3) is 27.1 Å². The van der Waals surface area contributed by atoms with Crippen molar-refractivity contribution in [2.24, 2.45) is 0 Å². The number of nitrogens with zero attached hydrogens (tertiary/aromatic N) is 9. The van der Waals surface area contributed by atoms with E-state index in [9.17, 15) is 28.0 Å². The van der Waals surface area contributed by atoms with E-state index in [4.69, 9.17) is 32.7 Å². The van der Waals surface area contributed by atoms with Crippen LogP contribution in [-0.4, -0.2) is 114 Å². The van der Waals surface area contributed by atoms with E-state index < -0.39 is 35.9 Å². The molecule has 10 rings (SSSR count). The molecule has 4 aromatic carbocycles. The summed E-state index contributed by atoms with van der Waals surface area (Å²) in [6, 6.07) is 27.0. The van der Waals surface area contributed by atoms with Gasteiger partial charge in [-0.15, -0.1) is 0 Å². The third kappa shape index (κ3) is 17.4. The first-order valence-electron chi connectivity index (χ1n) is 25.7. The molecule has 0 fully saturated rings.